The predicted molar refractivity (Wildman–Crippen MR) is 53.4 cm³/mol. The van der Waals surface area contributed by atoms with E-state index < -0.39 is 12.0 Å². The second-order valence-electron chi connectivity index (χ2n) is 3.88. The summed E-state index contributed by atoms with van der Waals surface area (Å²) in [4.78, 5) is 21.8. The van der Waals surface area contributed by atoms with Crippen LogP contribution in [0.25, 0.3) is 0 Å². The van der Waals surface area contributed by atoms with Gasteiger partial charge in [-0.15, -0.1) is 0 Å². The van der Waals surface area contributed by atoms with Crippen molar-refractivity contribution in [1.29, 1.82) is 0 Å². The molecule has 86 valence electrons. The first-order chi connectivity index (χ1) is 7.09. The third-order valence-corrected chi connectivity index (χ3v) is 2.49. The first-order valence-electron chi connectivity index (χ1n) is 5.21. The van der Waals surface area contributed by atoms with Gasteiger partial charge in [-0.05, 0) is 19.3 Å². The van der Waals surface area contributed by atoms with Gasteiger partial charge in [0.1, 0.15) is 11.8 Å². The summed E-state index contributed by atoms with van der Waals surface area (Å²) in [6, 6.07) is -1.08. The maximum Gasteiger partial charge on any atom is 0.320 e. The lowest BCUT2D eigenvalue weighted by atomic mass is 10.0. The van der Waals surface area contributed by atoms with E-state index in [1.165, 1.54) is 0 Å². The highest BCUT2D eigenvalue weighted by Crippen LogP contribution is 2.16. The van der Waals surface area contributed by atoms with Crippen LogP contribution in [0.4, 0.5) is 0 Å². The minimum Gasteiger partial charge on any atom is -0.480 e. The molecule has 0 spiro atoms. The molecule has 0 radical (unpaired) electrons. The summed E-state index contributed by atoms with van der Waals surface area (Å²) in [7, 11) is 0. The Bertz CT molecular complexity index is 236. The molecule has 5 nitrogen and oxygen atoms in total. The average Bonchev–Trinajstić information content (AvgIpc) is 2.18. The lowest BCUT2D eigenvalue weighted by Crippen LogP contribution is -2.34. The molecule has 2 atom stereocenters. The van der Waals surface area contributed by atoms with Crippen molar-refractivity contribution in [1.82, 2.24) is 0 Å². The molecule has 0 aromatic rings. The third-order valence-electron chi connectivity index (χ3n) is 2.49. The van der Waals surface area contributed by atoms with Crippen LogP contribution in [-0.2, 0) is 14.3 Å². The molecule has 0 amide bonds. The monoisotopic (exact) mass is 215 g/mol. The van der Waals surface area contributed by atoms with Gasteiger partial charge in [-0.2, -0.15) is 0 Å². The molecular formula is C10H17NO4. The second kappa shape index (κ2) is 5.82. The number of rotatable bonds is 5. The lowest BCUT2D eigenvalue weighted by Gasteiger charge is -2.22. The molecule has 0 saturated carbocycles. The van der Waals surface area contributed by atoms with E-state index >= 15 is 0 Å². The summed E-state index contributed by atoms with van der Waals surface area (Å²) in [5, 5.41) is 8.53. The number of hydrogen-bond acceptors (Lipinski definition) is 4. The van der Waals surface area contributed by atoms with Gasteiger partial charge in [0, 0.05) is 19.4 Å². The molecule has 1 heterocycles. The van der Waals surface area contributed by atoms with Crippen molar-refractivity contribution in [2.75, 3.05) is 6.61 Å². The van der Waals surface area contributed by atoms with Gasteiger partial charge >= 0.3 is 5.97 Å². The van der Waals surface area contributed by atoms with Crippen molar-refractivity contribution >= 4 is 11.8 Å². The molecule has 1 saturated heterocycles. The zero-order chi connectivity index (χ0) is 11.3. The summed E-state index contributed by atoms with van der Waals surface area (Å²) >= 11 is 0. The predicted octanol–water partition coefficient (Wildman–Crippen LogP) is 0.317. The molecule has 15 heavy (non-hydrogen) atoms. The number of ketones is 1. The van der Waals surface area contributed by atoms with Crippen molar-refractivity contribution < 1.29 is 19.4 Å². The van der Waals surface area contributed by atoms with Crippen LogP contribution in [-0.4, -0.2) is 35.6 Å². The zero-order valence-corrected chi connectivity index (χ0v) is 8.65. The maximum absolute atomic E-state index is 11.4. The fraction of sp³-hybridized carbons (Fsp3) is 0.800. The molecule has 0 aromatic heterocycles. The van der Waals surface area contributed by atoms with Crippen LogP contribution in [0.2, 0.25) is 0 Å². The Morgan fingerprint density at radius 2 is 2.20 bits per heavy atom. The maximum atomic E-state index is 11.4. The van der Waals surface area contributed by atoms with E-state index in [2.05, 4.69) is 0 Å². The van der Waals surface area contributed by atoms with Crippen molar-refractivity contribution in [2.24, 2.45) is 5.73 Å². The molecule has 3 N–H and O–H groups in total. The number of ether oxygens (including phenoxy) is 1. The number of carboxylic acid groups (broad SMARTS) is 1. The Kier molecular flexibility index (Phi) is 4.71. The Morgan fingerprint density at radius 3 is 2.73 bits per heavy atom. The normalized spacial score (nSPS) is 23.4. The van der Waals surface area contributed by atoms with E-state index in [9.17, 15) is 9.59 Å². The van der Waals surface area contributed by atoms with Gasteiger partial charge in [-0.3, -0.25) is 9.59 Å². The number of aliphatic carboxylic acids is 1. The molecular weight excluding hydrogens is 198 g/mol. The summed E-state index contributed by atoms with van der Waals surface area (Å²) in [5.41, 5.74) is 5.26. The van der Waals surface area contributed by atoms with Gasteiger partial charge in [0.2, 0.25) is 0 Å². The summed E-state index contributed by atoms with van der Waals surface area (Å²) in [6.07, 6.45) is 3.15. The highest BCUT2D eigenvalue weighted by atomic mass is 16.5. The van der Waals surface area contributed by atoms with Crippen LogP contribution < -0.4 is 5.73 Å². The highest BCUT2D eigenvalue weighted by molar-refractivity contribution is 5.85. The molecule has 0 aromatic carbocycles. The SMILES string of the molecule is NC(CC(=O)CC1CCCCO1)C(=O)O. The summed E-state index contributed by atoms with van der Waals surface area (Å²) < 4.78 is 5.38. The van der Waals surface area contributed by atoms with Crippen molar-refractivity contribution in [2.45, 2.75) is 44.2 Å². The molecule has 1 aliphatic heterocycles. The van der Waals surface area contributed by atoms with Crippen LogP contribution >= 0.6 is 0 Å². The van der Waals surface area contributed by atoms with Crippen molar-refractivity contribution in [3.63, 3.8) is 0 Å². The van der Waals surface area contributed by atoms with E-state index in [1.807, 2.05) is 0 Å². The molecule has 5 heteroatoms. The molecule has 2 unspecified atom stereocenters. The van der Waals surface area contributed by atoms with Crippen LogP contribution in [0.5, 0.6) is 0 Å². The van der Waals surface area contributed by atoms with E-state index in [-0.39, 0.29) is 18.3 Å². The molecule has 1 aliphatic rings. The van der Waals surface area contributed by atoms with Crippen LogP contribution in [0.15, 0.2) is 0 Å². The summed E-state index contributed by atoms with van der Waals surface area (Å²) in [5.74, 6) is -1.26. The van der Waals surface area contributed by atoms with E-state index in [0.717, 1.165) is 19.3 Å². The highest BCUT2D eigenvalue weighted by Gasteiger charge is 2.21. The second-order valence-corrected chi connectivity index (χ2v) is 3.88. The molecule has 0 aliphatic carbocycles. The van der Waals surface area contributed by atoms with Crippen LogP contribution in [0.3, 0.4) is 0 Å². The number of carbonyl (C=O) groups excluding carboxylic acids is 1. The Balaban J connectivity index is 2.25. The van der Waals surface area contributed by atoms with Gasteiger partial charge < -0.3 is 15.6 Å². The topological polar surface area (TPSA) is 89.6 Å². The minimum absolute atomic E-state index is 0.0350. The first kappa shape index (κ1) is 12.1. The smallest absolute Gasteiger partial charge is 0.320 e. The first-order valence-corrected chi connectivity index (χ1v) is 5.21. The minimum atomic E-state index is -1.13. The summed E-state index contributed by atoms with van der Waals surface area (Å²) in [6.45, 7) is 0.697. The fourth-order valence-electron chi connectivity index (χ4n) is 1.64. The lowest BCUT2D eigenvalue weighted by molar-refractivity contribution is -0.140. The Labute approximate surface area is 88.6 Å². The number of hydrogen-bond donors (Lipinski definition) is 2. The van der Waals surface area contributed by atoms with Gasteiger partial charge in [-0.25, -0.2) is 0 Å². The molecule has 0 bridgehead atoms. The van der Waals surface area contributed by atoms with Crippen molar-refractivity contribution in [3.8, 4) is 0 Å². The quantitative estimate of drug-likeness (QED) is 0.689. The number of carbonyl (C=O) groups is 2. The number of carboxylic acids is 1. The van der Waals surface area contributed by atoms with Gasteiger partial charge in [0.15, 0.2) is 0 Å². The Morgan fingerprint density at radius 1 is 1.47 bits per heavy atom. The van der Waals surface area contributed by atoms with E-state index in [4.69, 9.17) is 15.6 Å². The molecule has 1 rings (SSSR count). The van der Waals surface area contributed by atoms with Crippen LogP contribution in [0.1, 0.15) is 32.1 Å². The van der Waals surface area contributed by atoms with Gasteiger partial charge in [-0.1, -0.05) is 0 Å². The van der Waals surface area contributed by atoms with Crippen LogP contribution in [0, 0.1) is 0 Å². The van der Waals surface area contributed by atoms with E-state index in [1.54, 1.807) is 0 Å². The fourth-order valence-corrected chi connectivity index (χ4v) is 1.64. The van der Waals surface area contributed by atoms with Gasteiger partial charge in [0.05, 0.1) is 6.10 Å². The van der Waals surface area contributed by atoms with E-state index in [0.29, 0.717) is 13.0 Å². The Hall–Kier alpha value is -0.940. The largest absolute Gasteiger partial charge is 0.480 e. The van der Waals surface area contributed by atoms with Gasteiger partial charge in [0.25, 0.3) is 0 Å². The number of nitrogens with two attached hydrogens (primary N) is 1. The molecule has 1 fully saturated rings. The number of Topliss-reactive ketones (excluding diaryl/α,β-unsaturated/α-hetero) is 1. The zero-order valence-electron chi connectivity index (χ0n) is 8.65. The van der Waals surface area contributed by atoms with Crippen molar-refractivity contribution in [3.05, 3.63) is 0 Å². The average molecular weight is 215 g/mol. The standard InChI is InChI=1S/C10H17NO4/c11-9(10(13)14)6-7(12)5-8-3-1-2-4-15-8/h8-9H,1-6,11H2,(H,13,14). The third kappa shape index (κ3) is 4.40.